The van der Waals surface area contributed by atoms with Crippen molar-refractivity contribution in [1.82, 2.24) is 14.8 Å². The van der Waals surface area contributed by atoms with Crippen molar-refractivity contribution in [2.45, 2.75) is 12.1 Å². The van der Waals surface area contributed by atoms with E-state index in [-0.39, 0.29) is 5.75 Å². The zero-order valence-corrected chi connectivity index (χ0v) is 14.7. The molecule has 0 amide bonds. The third-order valence-electron chi connectivity index (χ3n) is 3.60. The van der Waals surface area contributed by atoms with Crippen molar-refractivity contribution >= 4 is 17.7 Å². The number of carboxylic acids is 1. The van der Waals surface area contributed by atoms with Crippen molar-refractivity contribution in [2.75, 3.05) is 12.9 Å². The van der Waals surface area contributed by atoms with Crippen molar-refractivity contribution in [3.8, 4) is 22.8 Å². The number of thioether (sulfide) groups is 1. The van der Waals surface area contributed by atoms with E-state index in [0.717, 1.165) is 34.3 Å². The van der Waals surface area contributed by atoms with Crippen molar-refractivity contribution in [1.29, 1.82) is 0 Å². The molecule has 7 heteroatoms. The third kappa shape index (κ3) is 3.83. The van der Waals surface area contributed by atoms with E-state index >= 15 is 0 Å². The highest BCUT2D eigenvalue weighted by Gasteiger charge is 2.17. The van der Waals surface area contributed by atoms with Gasteiger partial charge in [0.05, 0.1) is 12.9 Å². The van der Waals surface area contributed by atoms with Crippen molar-refractivity contribution in [2.24, 2.45) is 0 Å². The van der Waals surface area contributed by atoms with Gasteiger partial charge in [0.2, 0.25) is 0 Å². The van der Waals surface area contributed by atoms with Crippen LogP contribution in [0.5, 0.6) is 5.75 Å². The van der Waals surface area contributed by atoms with Gasteiger partial charge in [0.1, 0.15) is 5.75 Å². The topological polar surface area (TPSA) is 77.2 Å². The van der Waals surface area contributed by atoms with Crippen LogP contribution < -0.4 is 4.74 Å². The first-order chi connectivity index (χ1) is 12.1. The molecule has 0 aliphatic heterocycles. The number of ether oxygens (including phenoxy) is 1. The summed E-state index contributed by atoms with van der Waals surface area (Å²) in [6.07, 6.45) is 0. The number of carboxylic acid groups (broad SMARTS) is 1. The average Bonchev–Trinajstić information content (AvgIpc) is 3.04. The van der Waals surface area contributed by atoms with E-state index in [1.807, 2.05) is 60.0 Å². The molecular formula is C18H17N3O3S. The molecule has 0 saturated carbocycles. The molecule has 0 radical (unpaired) electrons. The van der Waals surface area contributed by atoms with Gasteiger partial charge in [0.15, 0.2) is 11.0 Å². The normalized spacial score (nSPS) is 10.6. The SMILES string of the molecule is COc1ccc(-c2nnc(SCC(=O)O)n2-c2ccc(C)cc2)cc1. The Kier molecular flexibility index (Phi) is 5.04. The summed E-state index contributed by atoms with van der Waals surface area (Å²) in [4.78, 5) is 10.9. The number of benzene rings is 2. The Morgan fingerprint density at radius 1 is 1.12 bits per heavy atom. The summed E-state index contributed by atoms with van der Waals surface area (Å²) in [6, 6.07) is 15.4. The Bertz CT molecular complexity index is 874. The second-order valence-electron chi connectivity index (χ2n) is 5.39. The fourth-order valence-corrected chi connectivity index (χ4v) is 3.02. The molecule has 128 valence electrons. The number of hydrogen-bond donors (Lipinski definition) is 1. The van der Waals surface area contributed by atoms with Gasteiger partial charge in [-0.25, -0.2) is 0 Å². The van der Waals surface area contributed by atoms with Gasteiger partial charge in [0.25, 0.3) is 0 Å². The lowest BCUT2D eigenvalue weighted by Crippen LogP contribution is -2.03. The number of nitrogens with zero attached hydrogens (tertiary/aromatic N) is 3. The minimum absolute atomic E-state index is 0.0768. The quantitative estimate of drug-likeness (QED) is 0.683. The van der Waals surface area contributed by atoms with Crippen LogP contribution in [0.2, 0.25) is 0 Å². The molecule has 3 aromatic rings. The average molecular weight is 355 g/mol. The van der Waals surface area contributed by atoms with E-state index in [0.29, 0.717) is 11.0 Å². The van der Waals surface area contributed by atoms with Crippen LogP contribution in [-0.4, -0.2) is 38.7 Å². The first-order valence-electron chi connectivity index (χ1n) is 7.60. The summed E-state index contributed by atoms with van der Waals surface area (Å²) in [6.45, 7) is 2.01. The molecule has 0 bridgehead atoms. The molecule has 0 spiro atoms. The number of carbonyl (C=O) groups is 1. The lowest BCUT2D eigenvalue weighted by Gasteiger charge is -2.10. The van der Waals surface area contributed by atoms with Gasteiger partial charge in [-0.1, -0.05) is 29.5 Å². The second-order valence-corrected chi connectivity index (χ2v) is 6.33. The highest BCUT2D eigenvalue weighted by Crippen LogP contribution is 2.29. The van der Waals surface area contributed by atoms with E-state index in [2.05, 4.69) is 10.2 Å². The largest absolute Gasteiger partial charge is 0.497 e. The lowest BCUT2D eigenvalue weighted by molar-refractivity contribution is -0.133. The zero-order chi connectivity index (χ0) is 17.8. The third-order valence-corrected chi connectivity index (χ3v) is 4.51. The number of hydrogen-bond acceptors (Lipinski definition) is 5. The van der Waals surface area contributed by atoms with Crippen LogP contribution >= 0.6 is 11.8 Å². The van der Waals surface area contributed by atoms with Crippen LogP contribution in [0.4, 0.5) is 0 Å². The lowest BCUT2D eigenvalue weighted by atomic mass is 10.2. The predicted molar refractivity (Wildman–Crippen MR) is 96.4 cm³/mol. The molecule has 25 heavy (non-hydrogen) atoms. The summed E-state index contributed by atoms with van der Waals surface area (Å²) < 4.78 is 7.06. The Morgan fingerprint density at radius 2 is 1.80 bits per heavy atom. The molecule has 0 aliphatic carbocycles. The monoisotopic (exact) mass is 355 g/mol. The Balaban J connectivity index is 2.07. The molecule has 0 fully saturated rings. The van der Waals surface area contributed by atoms with Crippen LogP contribution in [0.15, 0.2) is 53.7 Å². The van der Waals surface area contributed by atoms with Crippen LogP contribution in [-0.2, 0) is 4.79 Å². The van der Waals surface area contributed by atoms with E-state index < -0.39 is 5.97 Å². The maximum atomic E-state index is 10.9. The highest BCUT2D eigenvalue weighted by molar-refractivity contribution is 7.99. The van der Waals surface area contributed by atoms with Crippen molar-refractivity contribution in [3.05, 3.63) is 54.1 Å². The second kappa shape index (κ2) is 7.40. The number of aromatic nitrogens is 3. The van der Waals surface area contributed by atoms with Crippen LogP contribution in [0, 0.1) is 6.92 Å². The maximum absolute atomic E-state index is 10.9. The number of aliphatic carboxylic acids is 1. The summed E-state index contributed by atoms with van der Waals surface area (Å²) in [5.74, 6) is 0.437. The van der Waals surface area contributed by atoms with Crippen LogP contribution in [0.1, 0.15) is 5.56 Å². The van der Waals surface area contributed by atoms with E-state index in [4.69, 9.17) is 9.84 Å². The van der Waals surface area contributed by atoms with Gasteiger partial charge in [-0.3, -0.25) is 9.36 Å². The van der Waals surface area contributed by atoms with Gasteiger partial charge in [-0.15, -0.1) is 10.2 Å². The molecule has 3 rings (SSSR count). The summed E-state index contributed by atoms with van der Waals surface area (Å²) in [7, 11) is 1.62. The molecule has 6 nitrogen and oxygen atoms in total. The smallest absolute Gasteiger partial charge is 0.313 e. The van der Waals surface area contributed by atoms with Crippen molar-refractivity contribution < 1.29 is 14.6 Å². The number of methoxy groups -OCH3 is 1. The van der Waals surface area contributed by atoms with Gasteiger partial charge >= 0.3 is 5.97 Å². The van der Waals surface area contributed by atoms with Crippen molar-refractivity contribution in [3.63, 3.8) is 0 Å². The fourth-order valence-electron chi connectivity index (χ4n) is 2.34. The summed E-state index contributed by atoms with van der Waals surface area (Å²) in [5, 5.41) is 18.0. The van der Waals surface area contributed by atoms with Gasteiger partial charge in [-0.05, 0) is 43.3 Å². The Labute approximate surface area is 149 Å². The predicted octanol–water partition coefficient (Wildman–Crippen LogP) is 3.43. The van der Waals surface area contributed by atoms with Gasteiger partial charge in [0, 0.05) is 11.3 Å². The molecule has 1 heterocycles. The number of rotatable bonds is 6. The molecule has 1 aromatic heterocycles. The molecule has 0 aliphatic rings. The molecule has 1 N–H and O–H groups in total. The fraction of sp³-hybridized carbons (Fsp3) is 0.167. The maximum Gasteiger partial charge on any atom is 0.313 e. The minimum atomic E-state index is -0.894. The van der Waals surface area contributed by atoms with Gasteiger partial charge in [-0.2, -0.15) is 0 Å². The van der Waals surface area contributed by atoms with Gasteiger partial charge < -0.3 is 9.84 Å². The van der Waals surface area contributed by atoms with Crippen LogP contribution in [0.3, 0.4) is 0 Å². The molecular weight excluding hydrogens is 338 g/mol. The Hall–Kier alpha value is -2.80. The summed E-state index contributed by atoms with van der Waals surface area (Å²) >= 11 is 1.14. The van der Waals surface area contributed by atoms with Crippen LogP contribution in [0.25, 0.3) is 17.1 Å². The molecule has 0 unspecified atom stereocenters. The Morgan fingerprint density at radius 3 is 2.40 bits per heavy atom. The highest BCUT2D eigenvalue weighted by atomic mass is 32.2. The van der Waals surface area contributed by atoms with E-state index in [1.54, 1.807) is 7.11 Å². The molecule has 0 saturated heterocycles. The summed E-state index contributed by atoms with van der Waals surface area (Å²) in [5.41, 5.74) is 2.90. The first kappa shape index (κ1) is 17.0. The van der Waals surface area contributed by atoms with E-state index in [1.165, 1.54) is 0 Å². The minimum Gasteiger partial charge on any atom is -0.497 e. The first-order valence-corrected chi connectivity index (χ1v) is 8.58. The standard InChI is InChI=1S/C18H17N3O3S/c1-12-3-7-14(8-4-12)21-17(13-5-9-15(24-2)10-6-13)19-20-18(21)25-11-16(22)23/h3-10H,11H2,1-2H3,(H,22,23). The zero-order valence-electron chi connectivity index (χ0n) is 13.8. The van der Waals surface area contributed by atoms with E-state index in [9.17, 15) is 4.79 Å². The number of aryl methyl sites for hydroxylation is 1. The molecule has 2 aromatic carbocycles. The molecule has 0 atom stereocenters.